The van der Waals surface area contributed by atoms with Crippen LogP contribution in [0.4, 0.5) is 5.82 Å². The van der Waals surface area contributed by atoms with Gasteiger partial charge in [0.25, 0.3) is 0 Å². The first-order valence-corrected chi connectivity index (χ1v) is 8.32. The van der Waals surface area contributed by atoms with Crippen LogP contribution in [0.2, 0.25) is 0 Å². The van der Waals surface area contributed by atoms with Gasteiger partial charge in [-0.15, -0.1) is 0 Å². The fourth-order valence-electron chi connectivity index (χ4n) is 3.24. The van der Waals surface area contributed by atoms with E-state index in [4.69, 9.17) is 11.0 Å². The second-order valence-electron chi connectivity index (χ2n) is 6.31. The van der Waals surface area contributed by atoms with E-state index in [0.29, 0.717) is 11.9 Å². The van der Waals surface area contributed by atoms with Gasteiger partial charge in [0, 0.05) is 45.0 Å². The minimum atomic E-state index is 0.331. The first-order valence-electron chi connectivity index (χ1n) is 8.32. The molecule has 24 heavy (non-hydrogen) atoms. The molecule has 5 heteroatoms. The molecule has 0 aliphatic carbocycles. The molecule has 0 bridgehead atoms. The fraction of sp³-hybridized carbons (Fsp3) is 0.368. The summed E-state index contributed by atoms with van der Waals surface area (Å²) in [5, 5.41) is 9.06. The van der Waals surface area contributed by atoms with Crippen LogP contribution in [0.15, 0.2) is 42.6 Å². The average Bonchev–Trinajstić information content (AvgIpc) is 2.62. The minimum Gasteiger partial charge on any atom is -0.384 e. The molecule has 124 valence electrons. The van der Waals surface area contributed by atoms with Gasteiger partial charge in [0.05, 0.1) is 11.6 Å². The van der Waals surface area contributed by atoms with Gasteiger partial charge in [-0.2, -0.15) is 5.26 Å². The number of nitrogens with zero attached hydrogens (tertiary/aromatic N) is 4. The number of rotatable bonds is 4. The van der Waals surface area contributed by atoms with Crippen LogP contribution in [0.3, 0.4) is 0 Å². The third kappa shape index (κ3) is 3.91. The highest BCUT2D eigenvalue weighted by Crippen LogP contribution is 2.23. The lowest BCUT2D eigenvalue weighted by Crippen LogP contribution is -2.46. The zero-order valence-electron chi connectivity index (χ0n) is 14.0. The van der Waals surface area contributed by atoms with Gasteiger partial charge in [0.15, 0.2) is 0 Å². The van der Waals surface area contributed by atoms with E-state index < -0.39 is 0 Å². The van der Waals surface area contributed by atoms with Gasteiger partial charge in [0.2, 0.25) is 0 Å². The topological polar surface area (TPSA) is 69.2 Å². The van der Waals surface area contributed by atoms with Crippen molar-refractivity contribution in [1.82, 2.24) is 14.8 Å². The SMILES string of the molecule is C[C@H](c1cccc(C#N)c1)N1CCN(Cc2ccnc(N)c2)CC1. The van der Waals surface area contributed by atoms with Crippen molar-refractivity contribution in [3.63, 3.8) is 0 Å². The lowest BCUT2D eigenvalue weighted by Gasteiger charge is -2.38. The van der Waals surface area contributed by atoms with Crippen LogP contribution in [0.5, 0.6) is 0 Å². The second-order valence-corrected chi connectivity index (χ2v) is 6.31. The number of nitrogens with two attached hydrogens (primary N) is 1. The lowest BCUT2D eigenvalue weighted by molar-refractivity contribution is 0.0978. The molecule has 0 spiro atoms. The number of hydrogen-bond acceptors (Lipinski definition) is 5. The Morgan fingerprint density at radius 2 is 2.00 bits per heavy atom. The summed E-state index contributed by atoms with van der Waals surface area (Å²) in [5.41, 5.74) is 8.91. The average molecular weight is 321 g/mol. The summed E-state index contributed by atoms with van der Waals surface area (Å²) in [6, 6.07) is 14.5. The van der Waals surface area contributed by atoms with Crippen molar-refractivity contribution >= 4 is 5.82 Å². The Hall–Kier alpha value is -2.42. The molecule has 1 saturated heterocycles. The number of nitriles is 1. The summed E-state index contributed by atoms with van der Waals surface area (Å²) in [6.45, 7) is 7.25. The smallest absolute Gasteiger partial charge is 0.123 e. The molecule has 0 saturated carbocycles. The van der Waals surface area contributed by atoms with Gasteiger partial charge in [-0.3, -0.25) is 9.80 Å². The van der Waals surface area contributed by atoms with Gasteiger partial charge in [-0.05, 0) is 42.3 Å². The molecule has 3 rings (SSSR count). The summed E-state index contributed by atoms with van der Waals surface area (Å²) < 4.78 is 0. The van der Waals surface area contributed by atoms with Crippen molar-refractivity contribution in [2.45, 2.75) is 19.5 Å². The van der Waals surface area contributed by atoms with Crippen LogP contribution >= 0.6 is 0 Å². The van der Waals surface area contributed by atoms with E-state index in [-0.39, 0.29) is 0 Å². The number of benzene rings is 1. The zero-order valence-corrected chi connectivity index (χ0v) is 14.0. The Balaban J connectivity index is 1.57. The predicted molar refractivity (Wildman–Crippen MR) is 95.1 cm³/mol. The Morgan fingerprint density at radius 1 is 1.21 bits per heavy atom. The summed E-state index contributed by atoms with van der Waals surface area (Å²) in [5.74, 6) is 0.581. The number of anilines is 1. The lowest BCUT2D eigenvalue weighted by atomic mass is 10.0. The van der Waals surface area contributed by atoms with Gasteiger partial charge < -0.3 is 5.73 Å². The molecule has 1 atom stereocenters. The third-order valence-electron chi connectivity index (χ3n) is 4.70. The molecule has 2 aromatic rings. The standard InChI is InChI=1S/C19H23N5/c1-15(18-4-2-3-16(11-18)13-20)24-9-7-23(8-10-24)14-17-5-6-22-19(21)12-17/h2-6,11-12,15H,7-10,14H2,1H3,(H2,21,22)/t15-/m1/s1. The molecule has 1 aromatic carbocycles. The minimum absolute atomic E-state index is 0.331. The van der Waals surface area contributed by atoms with E-state index in [9.17, 15) is 0 Å². The number of pyridine rings is 1. The van der Waals surface area contributed by atoms with Gasteiger partial charge in [0.1, 0.15) is 5.82 Å². The first-order chi connectivity index (χ1) is 11.7. The highest BCUT2D eigenvalue weighted by Gasteiger charge is 2.22. The molecule has 1 aliphatic rings. The van der Waals surface area contributed by atoms with E-state index in [1.54, 1.807) is 6.20 Å². The Kier molecular flexibility index (Phi) is 5.09. The summed E-state index contributed by atoms with van der Waals surface area (Å²) in [7, 11) is 0. The second kappa shape index (κ2) is 7.43. The van der Waals surface area contributed by atoms with Crippen molar-refractivity contribution in [2.75, 3.05) is 31.9 Å². The van der Waals surface area contributed by atoms with Crippen LogP contribution in [-0.4, -0.2) is 41.0 Å². The molecular weight excluding hydrogens is 298 g/mol. The zero-order chi connectivity index (χ0) is 16.9. The van der Waals surface area contributed by atoms with Crippen molar-refractivity contribution in [3.8, 4) is 6.07 Å². The number of hydrogen-bond donors (Lipinski definition) is 1. The summed E-state index contributed by atoms with van der Waals surface area (Å²) >= 11 is 0. The van der Waals surface area contributed by atoms with E-state index >= 15 is 0 Å². The van der Waals surface area contributed by atoms with E-state index in [1.807, 2.05) is 30.3 Å². The van der Waals surface area contributed by atoms with Crippen molar-refractivity contribution in [3.05, 3.63) is 59.3 Å². The number of aromatic nitrogens is 1. The summed E-state index contributed by atoms with van der Waals surface area (Å²) in [4.78, 5) is 8.97. The quantitative estimate of drug-likeness (QED) is 0.936. The highest BCUT2D eigenvalue weighted by molar-refractivity contribution is 5.34. The van der Waals surface area contributed by atoms with Crippen LogP contribution in [0.25, 0.3) is 0 Å². The van der Waals surface area contributed by atoms with Gasteiger partial charge in [-0.1, -0.05) is 12.1 Å². The monoisotopic (exact) mass is 321 g/mol. The Morgan fingerprint density at radius 3 is 2.71 bits per heavy atom. The molecule has 0 amide bonds. The molecule has 1 aliphatic heterocycles. The van der Waals surface area contributed by atoms with Crippen molar-refractivity contribution < 1.29 is 0 Å². The van der Waals surface area contributed by atoms with E-state index in [2.05, 4.69) is 33.8 Å². The maximum atomic E-state index is 9.06. The van der Waals surface area contributed by atoms with Gasteiger partial charge in [-0.25, -0.2) is 4.98 Å². The van der Waals surface area contributed by atoms with Gasteiger partial charge >= 0.3 is 0 Å². The predicted octanol–water partition coefficient (Wildman–Crippen LogP) is 2.41. The van der Waals surface area contributed by atoms with Crippen molar-refractivity contribution in [2.24, 2.45) is 0 Å². The molecule has 2 N–H and O–H groups in total. The summed E-state index contributed by atoms with van der Waals surface area (Å²) in [6.07, 6.45) is 1.77. The largest absolute Gasteiger partial charge is 0.384 e. The number of piperazine rings is 1. The maximum Gasteiger partial charge on any atom is 0.123 e. The molecule has 1 fully saturated rings. The van der Waals surface area contributed by atoms with Crippen LogP contribution < -0.4 is 5.73 Å². The van der Waals surface area contributed by atoms with Crippen LogP contribution in [0.1, 0.15) is 29.7 Å². The molecule has 1 aromatic heterocycles. The van der Waals surface area contributed by atoms with Crippen LogP contribution in [-0.2, 0) is 6.54 Å². The highest BCUT2D eigenvalue weighted by atomic mass is 15.3. The van der Waals surface area contributed by atoms with Crippen LogP contribution in [0, 0.1) is 11.3 Å². The first kappa shape index (κ1) is 16.4. The molecule has 2 heterocycles. The maximum absolute atomic E-state index is 9.06. The molecular formula is C19H23N5. The van der Waals surface area contributed by atoms with Crippen molar-refractivity contribution in [1.29, 1.82) is 5.26 Å². The molecule has 0 radical (unpaired) electrons. The molecule has 5 nitrogen and oxygen atoms in total. The van der Waals surface area contributed by atoms with E-state index in [0.717, 1.165) is 38.3 Å². The molecule has 0 unspecified atom stereocenters. The Bertz CT molecular complexity index is 729. The van der Waals surface area contributed by atoms with E-state index in [1.165, 1.54) is 11.1 Å². The normalized spacial score (nSPS) is 17.3. The third-order valence-corrected chi connectivity index (χ3v) is 4.70. The Labute approximate surface area is 143 Å². The number of nitrogen functional groups attached to an aromatic ring is 1. The fourth-order valence-corrected chi connectivity index (χ4v) is 3.24.